The lowest BCUT2D eigenvalue weighted by molar-refractivity contribution is 0.585. The Hall–Kier alpha value is -2.60. The van der Waals surface area contributed by atoms with E-state index in [0.29, 0.717) is 5.92 Å². The lowest BCUT2D eigenvalue weighted by Gasteiger charge is -2.26. The summed E-state index contributed by atoms with van der Waals surface area (Å²) in [6.45, 7) is 6.03. The van der Waals surface area contributed by atoms with Crippen molar-refractivity contribution >= 4 is 0 Å². The summed E-state index contributed by atoms with van der Waals surface area (Å²) in [5.74, 6) is 0.661. The van der Waals surface area contributed by atoms with Gasteiger partial charge in [0.2, 0.25) is 0 Å². The first-order valence-corrected chi connectivity index (χ1v) is 10.7. The molecule has 0 radical (unpaired) electrons. The fourth-order valence-corrected chi connectivity index (χ4v) is 4.38. The van der Waals surface area contributed by atoms with E-state index in [-0.39, 0.29) is 0 Å². The molecular formula is C28H30. The summed E-state index contributed by atoms with van der Waals surface area (Å²) in [4.78, 5) is 0. The van der Waals surface area contributed by atoms with E-state index in [2.05, 4.69) is 80.2 Å². The molecule has 0 amide bonds. The Kier molecular flexibility index (Phi) is 5.76. The summed E-state index contributed by atoms with van der Waals surface area (Å²) >= 11 is 0. The average molecular weight is 367 g/mol. The van der Waals surface area contributed by atoms with E-state index < -0.39 is 0 Å². The van der Waals surface area contributed by atoms with Crippen LogP contribution in [0.1, 0.15) is 53.5 Å². The number of hydrogen-bond donors (Lipinski definition) is 0. The van der Waals surface area contributed by atoms with E-state index in [0.717, 1.165) is 19.3 Å². The smallest absolute Gasteiger partial charge is 0.0118 e. The van der Waals surface area contributed by atoms with Crippen molar-refractivity contribution in [3.05, 3.63) is 107 Å². The van der Waals surface area contributed by atoms with Crippen molar-refractivity contribution in [1.29, 1.82) is 0 Å². The van der Waals surface area contributed by atoms with E-state index in [1.807, 2.05) is 6.08 Å². The van der Waals surface area contributed by atoms with Crippen LogP contribution in [0.5, 0.6) is 0 Å². The van der Waals surface area contributed by atoms with E-state index in [1.165, 1.54) is 58.2 Å². The lowest BCUT2D eigenvalue weighted by Crippen LogP contribution is -2.12. The van der Waals surface area contributed by atoms with Crippen molar-refractivity contribution in [1.82, 2.24) is 0 Å². The summed E-state index contributed by atoms with van der Waals surface area (Å²) in [5.41, 5.74) is 10.1. The Morgan fingerprint density at radius 1 is 0.857 bits per heavy atom. The molecule has 0 N–H and O–H groups in total. The van der Waals surface area contributed by atoms with Crippen molar-refractivity contribution < 1.29 is 0 Å². The Morgan fingerprint density at radius 3 is 2.29 bits per heavy atom. The summed E-state index contributed by atoms with van der Waals surface area (Å²) in [6.07, 6.45) is 8.83. The van der Waals surface area contributed by atoms with Crippen LogP contribution in [0.15, 0.2) is 79.4 Å². The number of allylic oxidation sites excluding steroid dienone is 1. The van der Waals surface area contributed by atoms with Crippen LogP contribution in [0.4, 0.5) is 0 Å². The molecule has 3 aromatic rings. The second-order valence-corrected chi connectivity index (χ2v) is 8.04. The van der Waals surface area contributed by atoms with E-state index in [9.17, 15) is 0 Å². The van der Waals surface area contributed by atoms with Gasteiger partial charge in [-0.1, -0.05) is 79.7 Å². The number of benzene rings is 3. The van der Waals surface area contributed by atoms with Gasteiger partial charge in [-0.25, -0.2) is 0 Å². The number of rotatable bonds is 6. The zero-order valence-electron chi connectivity index (χ0n) is 17.0. The predicted molar refractivity (Wildman–Crippen MR) is 121 cm³/mol. The molecule has 0 bridgehead atoms. The minimum absolute atomic E-state index is 0.661. The molecule has 1 unspecified atom stereocenters. The monoisotopic (exact) mass is 366 g/mol. The first-order valence-electron chi connectivity index (χ1n) is 10.7. The normalized spacial score (nSPS) is 15.8. The first-order chi connectivity index (χ1) is 13.8. The van der Waals surface area contributed by atoms with Gasteiger partial charge in [-0.2, -0.15) is 0 Å². The molecule has 1 aliphatic carbocycles. The van der Waals surface area contributed by atoms with E-state index in [4.69, 9.17) is 0 Å². The van der Waals surface area contributed by atoms with Gasteiger partial charge < -0.3 is 0 Å². The van der Waals surface area contributed by atoms with Crippen LogP contribution in [-0.2, 0) is 25.7 Å². The molecular weight excluding hydrogens is 336 g/mol. The van der Waals surface area contributed by atoms with Gasteiger partial charge in [0.25, 0.3) is 0 Å². The van der Waals surface area contributed by atoms with Gasteiger partial charge in [0, 0.05) is 0 Å². The fourth-order valence-electron chi connectivity index (χ4n) is 4.38. The highest BCUT2D eigenvalue weighted by molar-refractivity contribution is 5.65. The molecule has 1 atom stereocenters. The molecule has 0 spiro atoms. The zero-order chi connectivity index (χ0) is 19.3. The summed E-state index contributed by atoms with van der Waals surface area (Å²) in [5, 5.41) is 0. The Balaban J connectivity index is 1.49. The van der Waals surface area contributed by atoms with Gasteiger partial charge >= 0.3 is 0 Å². The number of aryl methyl sites for hydroxylation is 3. The highest BCUT2D eigenvalue weighted by atomic mass is 14.2. The highest BCUT2D eigenvalue weighted by Gasteiger charge is 2.20. The number of fused-ring (bicyclic) bond motifs is 1. The van der Waals surface area contributed by atoms with Crippen LogP contribution in [-0.4, -0.2) is 0 Å². The first kappa shape index (κ1) is 18.7. The van der Waals surface area contributed by atoms with Crippen LogP contribution < -0.4 is 0 Å². The highest BCUT2D eigenvalue weighted by Crippen LogP contribution is 2.35. The van der Waals surface area contributed by atoms with Gasteiger partial charge in [0.1, 0.15) is 0 Å². The Morgan fingerprint density at radius 2 is 1.57 bits per heavy atom. The van der Waals surface area contributed by atoms with Gasteiger partial charge in [-0.3, -0.25) is 0 Å². The third-order valence-corrected chi connectivity index (χ3v) is 6.22. The zero-order valence-corrected chi connectivity index (χ0v) is 17.0. The van der Waals surface area contributed by atoms with Crippen molar-refractivity contribution in [3.8, 4) is 11.1 Å². The maximum atomic E-state index is 3.81. The third kappa shape index (κ3) is 4.12. The molecule has 0 heteroatoms. The molecule has 1 aliphatic rings. The van der Waals surface area contributed by atoms with Crippen LogP contribution in [0.25, 0.3) is 11.1 Å². The molecule has 0 saturated heterocycles. The average Bonchev–Trinajstić information content (AvgIpc) is 2.77. The van der Waals surface area contributed by atoms with Crippen LogP contribution in [0.2, 0.25) is 0 Å². The molecule has 4 rings (SSSR count). The van der Waals surface area contributed by atoms with Crippen molar-refractivity contribution in [2.24, 2.45) is 0 Å². The molecule has 3 aromatic carbocycles. The molecule has 142 valence electrons. The van der Waals surface area contributed by atoms with Gasteiger partial charge in [-0.05, 0) is 83.4 Å². The maximum Gasteiger partial charge on any atom is -0.0118 e. The van der Waals surface area contributed by atoms with E-state index in [1.54, 1.807) is 0 Å². The third-order valence-electron chi connectivity index (χ3n) is 6.22. The quantitative estimate of drug-likeness (QED) is 0.401. The van der Waals surface area contributed by atoms with Crippen molar-refractivity contribution in [2.75, 3.05) is 0 Å². The van der Waals surface area contributed by atoms with Crippen molar-refractivity contribution in [2.45, 2.75) is 51.4 Å². The molecule has 0 nitrogen and oxygen atoms in total. The lowest BCUT2D eigenvalue weighted by atomic mass is 9.79. The van der Waals surface area contributed by atoms with E-state index >= 15 is 0 Å². The molecule has 0 aliphatic heterocycles. The topological polar surface area (TPSA) is 0 Å². The summed E-state index contributed by atoms with van der Waals surface area (Å²) < 4.78 is 0. The Bertz CT molecular complexity index is 929. The second kappa shape index (κ2) is 8.61. The SMILES string of the molecule is C=CCCc1ccc(-c2ccc3c(c2)CCC(c2ccc(CC)cc2)C3)cc1. The van der Waals surface area contributed by atoms with Gasteiger partial charge in [0.15, 0.2) is 0 Å². The minimum atomic E-state index is 0.661. The second-order valence-electron chi connectivity index (χ2n) is 8.04. The molecule has 0 aromatic heterocycles. The largest absolute Gasteiger partial charge is 0.103 e. The number of hydrogen-bond acceptors (Lipinski definition) is 0. The Labute approximate surface area is 169 Å². The summed E-state index contributed by atoms with van der Waals surface area (Å²) in [7, 11) is 0. The summed E-state index contributed by atoms with van der Waals surface area (Å²) in [6, 6.07) is 25.4. The molecule has 28 heavy (non-hydrogen) atoms. The predicted octanol–water partition coefficient (Wildman–Crippen LogP) is 7.31. The van der Waals surface area contributed by atoms with Crippen LogP contribution >= 0.6 is 0 Å². The van der Waals surface area contributed by atoms with Gasteiger partial charge in [-0.15, -0.1) is 6.58 Å². The van der Waals surface area contributed by atoms with Crippen LogP contribution in [0.3, 0.4) is 0 Å². The van der Waals surface area contributed by atoms with Crippen molar-refractivity contribution in [3.63, 3.8) is 0 Å². The fraction of sp³-hybridized carbons (Fsp3) is 0.286. The maximum absolute atomic E-state index is 3.81. The van der Waals surface area contributed by atoms with Gasteiger partial charge in [0.05, 0.1) is 0 Å². The molecule has 0 saturated carbocycles. The molecule has 0 fully saturated rings. The van der Waals surface area contributed by atoms with Crippen LogP contribution in [0, 0.1) is 0 Å². The minimum Gasteiger partial charge on any atom is -0.103 e. The molecule has 0 heterocycles. The standard InChI is InChI=1S/C28H30/c1-3-5-6-22-9-13-24(14-10-22)26-16-18-27-19-25(15-17-28(27)20-26)23-11-7-21(4-2)8-12-23/h3,7-14,16,18,20,25H,1,4-6,15,17,19H2,2H3.